The predicted molar refractivity (Wildman–Crippen MR) is 107 cm³/mol. The smallest absolute Gasteiger partial charge is 0.305 e. The summed E-state index contributed by atoms with van der Waals surface area (Å²) in [4.78, 5) is 30.3. The predicted octanol–water partition coefficient (Wildman–Crippen LogP) is 2.94. The van der Waals surface area contributed by atoms with E-state index in [1.165, 1.54) is 9.71 Å². The number of rotatable bonds is 8. The number of hydrogen-bond acceptors (Lipinski definition) is 6. The Morgan fingerprint density at radius 3 is 2.81 bits per heavy atom. The molecule has 0 bridgehead atoms. The van der Waals surface area contributed by atoms with Crippen molar-refractivity contribution in [3.05, 3.63) is 29.3 Å². The maximum absolute atomic E-state index is 12.1. The summed E-state index contributed by atoms with van der Waals surface area (Å²) in [6.07, 6.45) is 3.04. The van der Waals surface area contributed by atoms with E-state index in [1.807, 2.05) is 6.07 Å². The van der Waals surface area contributed by atoms with Crippen molar-refractivity contribution in [3.8, 4) is 0 Å². The third kappa shape index (κ3) is 5.74. The first-order valence-corrected chi connectivity index (χ1v) is 10.5. The highest BCUT2D eigenvalue weighted by atomic mass is 32.1. The molecule has 7 heteroatoms. The number of thiazole rings is 1. The number of para-hydroxylation sites is 1. The summed E-state index contributed by atoms with van der Waals surface area (Å²) >= 11 is 1.79. The normalized spacial score (nSPS) is 15.7. The molecule has 0 aliphatic carbocycles. The molecule has 0 spiro atoms. The third-order valence-electron chi connectivity index (χ3n) is 4.80. The number of nitrogens with zero attached hydrogens (tertiary/aromatic N) is 2. The Balaban J connectivity index is 1.36. The van der Waals surface area contributed by atoms with Crippen LogP contribution in [-0.4, -0.2) is 54.5 Å². The van der Waals surface area contributed by atoms with E-state index in [9.17, 15) is 9.59 Å². The van der Waals surface area contributed by atoms with Crippen LogP contribution in [0.3, 0.4) is 0 Å². The molecule has 0 unspecified atom stereocenters. The molecule has 146 valence electrons. The van der Waals surface area contributed by atoms with Gasteiger partial charge in [0.2, 0.25) is 5.91 Å². The molecule has 0 radical (unpaired) electrons. The number of amides is 1. The maximum atomic E-state index is 12.1. The average molecular weight is 390 g/mol. The van der Waals surface area contributed by atoms with Crippen molar-refractivity contribution in [3.63, 3.8) is 0 Å². The fourth-order valence-corrected chi connectivity index (χ4v) is 4.49. The van der Waals surface area contributed by atoms with Crippen molar-refractivity contribution >= 4 is 33.4 Å². The van der Waals surface area contributed by atoms with Crippen molar-refractivity contribution in [1.29, 1.82) is 0 Å². The summed E-state index contributed by atoms with van der Waals surface area (Å²) in [5, 5.41) is 4.11. The van der Waals surface area contributed by atoms with Crippen molar-refractivity contribution in [2.24, 2.45) is 0 Å². The number of carbonyl (C=O) groups excluding carboxylic acids is 2. The Bertz CT molecular complexity index is 736. The van der Waals surface area contributed by atoms with E-state index in [-0.39, 0.29) is 11.9 Å². The highest BCUT2D eigenvalue weighted by Crippen LogP contribution is 2.33. The lowest BCUT2D eigenvalue weighted by Crippen LogP contribution is -2.41. The molecule has 1 amide bonds. The van der Waals surface area contributed by atoms with E-state index in [0.717, 1.165) is 31.4 Å². The number of ether oxygens (including phenoxy) is 1. The van der Waals surface area contributed by atoms with E-state index in [1.54, 1.807) is 18.3 Å². The van der Waals surface area contributed by atoms with Gasteiger partial charge in [-0.1, -0.05) is 12.1 Å². The molecule has 1 saturated heterocycles. The molecule has 1 aliphatic rings. The number of aromatic nitrogens is 1. The van der Waals surface area contributed by atoms with Gasteiger partial charge in [-0.15, -0.1) is 11.3 Å². The number of likely N-dealkylation sites (tertiary alicyclic amines) is 1. The topological polar surface area (TPSA) is 71.5 Å². The average Bonchev–Trinajstić information content (AvgIpc) is 3.10. The van der Waals surface area contributed by atoms with Gasteiger partial charge in [0.25, 0.3) is 0 Å². The minimum Gasteiger partial charge on any atom is -0.466 e. The Labute approximate surface area is 163 Å². The Morgan fingerprint density at radius 2 is 2.07 bits per heavy atom. The van der Waals surface area contributed by atoms with Gasteiger partial charge in [0, 0.05) is 18.9 Å². The monoisotopic (exact) mass is 389 g/mol. The Morgan fingerprint density at radius 1 is 1.30 bits per heavy atom. The van der Waals surface area contributed by atoms with Crippen molar-refractivity contribution < 1.29 is 14.3 Å². The van der Waals surface area contributed by atoms with E-state index in [0.29, 0.717) is 38.5 Å². The van der Waals surface area contributed by atoms with Crippen LogP contribution in [0.25, 0.3) is 10.2 Å². The van der Waals surface area contributed by atoms with Crippen LogP contribution in [0.15, 0.2) is 24.3 Å². The lowest BCUT2D eigenvalue weighted by Gasteiger charge is -2.30. The Kier molecular flexibility index (Phi) is 7.18. The zero-order valence-corrected chi connectivity index (χ0v) is 16.6. The van der Waals surface area contributed by atoms with Crippen LogP contribution in [0.2, 0.25) is 0 Å². The van der Waals surface area contributed by atoms with Gasteiger partial charge < -0.3 is 10.1 Å². The summed E-state index contributed by atoms with van der Waals surface area (Å²) in [7, 11) is 0. The van der Waals surface area contributed by atoms with Crippen LogP contribution in [0.1, 0.15) is 43.5 Å². The summed E-state index contributed by atoms with van der Waals surface area (Å²) in [5.41, 5.74) is 1.09. The summed E-state index contributed by atoms with van der Waals surface area (Å²) in [5.74, 6) is 0.312. The minimum atomic E-state index is -0.205. The van der Waals surface area contributed by atoms with Gasteiger partial charge in [0.05, 0.1) is 28.4 Å². The van der Waals surface area contributed by atoms with E-state index in [4.69, 9.17) is 9.72 Å². The summed E-state index contributed by atoms with van der Waals surface area (Å²) < 4.78 is 6.12. The third-order valence-corrected chi connectivity index (χ3v) is 6.00. The van der Waals surface area contributed by atoms with Crippen LogP contribution < -0.4 is 5.32 Å². The molecule has 1 fully saturated rings. The second-order valence-electron chi connectivity index (χ2n) is 6.83. The number of hydrogen-bond donors (Lipinski definition) is 1. The zero-order chi connectivity index (χ0) is 19.1. The quantitative estimate of drug-likeness (QED) is 0.555. The van der Waals surface area contributed by atoms with Gasteiger partial charge in [-0.05, 0) is 51.4 Å². The van der Waals surface area contributed by atoms with E-state index >= 15 is 0 Å². The van der Waals surface area contributed by atoms with Crippen LogP contribution in [-0.2, 0) is 14.3 Å². The van der Waals surface area contributed by atoms with Gasteiger partial charge in [0.1, 0.15) is 0 Å². The Hall–Kier alpha value is -1.99. The lowest BCUT2D eigenvalue weighted by molar-refractivity contribution is -0.143. The van der Waals surface area contributed by atoms with E-state index in [2.05, 4.69) is 28.4 Å². The van der Waals surface area contributed by atoms with Crippen molar-refractivity contribution in [2.45, 2.75) is 38.5 Å². The number of nitrogens with one attached hydrogen (secondary N) is 1. The lowest BCUT2D eigenvalue weighted by atomic mass is 9.97. The highest BCUT2D eigenvalue weighted by molar-refractivity contribution is 7.18. The minimum absolute atomic E-state index is 0.0253. The van der Waals surface area contributed by atoms with Crippen LogP contribution in [0, 0.1) is 0 Å². The summed E-state index contributed by atoms with van der Waals surface area (Å²) in [6, 6.07) is 8.27. The van der Waals surface area contributed by atoms with Gasteiger partial charge >= 0.3 is 5.97 Å². The molecule has 1 aliphatic heterocycles. The molecular weight excluding hydrogens is 362 g/mol. The second kappa shape index (κ2) is 9.80. The molecule has 0 atom stereocenters. The molecule has 1 N–H and O–H groups in total. The SMILES string of the molecule is CCOC(=O)CCCNC(=O)CN1CCC(c2nc3ccccc3s2)CC1. The largest absolute Gasteiger partial charge is 0.466 e. The first kappa shape index (κ1) is 19.8. The highest BCUT2D eigenvalue weighted by Gasteiger charge is 2.24. The second-order valence-corrected chi connectivity index (χ2v) is 7.89. The zero-order valence-electron chi connectivity index (χ0n) is 15.8. The van der Waals surface area contributed by atoms with E-state index < -0.39 is 0 Å². The number of fused-ring (bicyclic) bond motifs is 1. The maximum Gasteiger partial charge on any atom is 0.305 e. The number of piperidine rings is 1. The molecule has 0 saturated carbocycles. The van der Waals surface area contributed by atoms with Crippen molar-refractivity contribution in [1.82, 2.24) is 15.2 Å². The van der Waals surface area contributed by atoms with Gasteiger partial charge in [-0.3, -0.25) is 14.5 Å². The number of carbonyl (C=O) groups is 2. The number of esters is 1. The molecule has 27 heavy (non-hydrogen) atoms. The molecule has 3 rings (SSSR count). The fourth-order valence-electron chi connectivity index (χ4n) is 3.36. The first-order valence-electron chi connectivity index (χ1n) is 9.66. The van der Waals surface area contributed by atoms with Crippen molar-refractivity contribution in [2.75, 3.05) is 32.8 Å². The number of benzene rings is 1. The van der Waals surface area contributed by atoms with Crippen LogP contribution in [0.4, 0.5) is 0 Å². The van der Waals surface area contributed by atoms with Gasteiger partial charge in [-0.25, -0.2) is 4.98 Å². The molecule has 2 heterocycles. The fraction of sp³-hybridized carbons (Fsp3) is 0.550. The molecule has 2 aromatic rings. The standard InChI is InChI=1S/C20H27N3O3S/c1-2-26-19(25)8-5-11-21-18(24)14-23-12-9-15(10-13-23)20-22-16-6-3-4-7-17(16)27-20/h3-4,6-7,15H,2,5,8-14H2,1H3,(H,21,24). The van der Waals surface area contributed by atoms with Gasteiger partial charge in [0.15, 0.2) is 0 Å². The molecule has 1 aromatic carbocycles. The van der Waals surface area contributed by atoms with Gasteiger partial charge in [-0.2, -0.15) is 0 Å². The first-order chi connectivity index (χ1) is 13.2. The molecular formula is C20H27N3O3S. The van der Waals surface area contributed by atoms with Crippen LogP contribution in [0.5, 0.6) is 0 Å². The summed E-state index contributed by atoms with van der Waals surface area (Å²) in [6.45, 7) is 4.96. The van der Waals surface area contributed by atoms with Crippen LogP contribution >= 0.6 is 11.3 Å². The molecule has 6 nitrogen and oxygen atoms in total. The molecule has 1 aromatic heterocycles.